The van der Waals surface area contributed by atoms with E-state index in [9.17, 15) is 9.59 Å². The lowest BCUT2D eigenvalue weighted by Gasteiger charge is -2.08. The van der Waals surface area contributed by atoms with Gasteiger partial charge in [-0.3, -0.25) is 9.59 Å². The smallest absolute Gasteiger partial charge is 0.239 e. The predicted molar refractivity (Wildman–Crippen MR) is 81.8 cm³/mol. The molecule has 0 unspecified atom stereocenters. The van der Waals surface area contributed by atoms with Crippen molar-refractivity contribution in [3.05, 3.63) is 24.3 Å². The molecule has 0 saturated heterocycles. The fourth-order valence-electron chi connectivity index (χ4n) is 1.72. The van der Waals surface area contributed by atoms with E-state index in [1.807, 2.05) is 12.1 Å². The summed E-state index contributed by atoms with van der Waals surface area (Å²) in [6.45, 7) is 4.59. The molecule has 0 saturated carbocycles. The number of hydrogen-bond acceptors (Lipinski definition) is 3. The minimum absolute atomic E-state index is 0.00737. The van der Waals surface area contributed by atoms with E-state index < -0.39 is 0 Å². The summed E-state index contributed by atoms with van der Waals surface area (Å²) in [5, 5.41) is 8.60. The zero-order valence-electron chi connectivity index (χ0n) is 12.2. The summed E-state index contributed by atoms with van der Waals surface area (Å²) in [6, 6.07) is 7.25. The van der Waals surface area contributed by atoms with Crippen molar-refractivity contribution < 1.29 is 9.59 Å². The molecule has 3 N–H and O–H groups in total. The molecule has 0 heterocycles. The molecule has 5 nitrogen and oxygen atoms in total. The van der Waals surface area contributed by atoms with Gasteiger partial charge in [-0.2, -0.15) is 0 Å². The van der Waals surface area contributed by atoms with E-state index in [0.29, 0.717) is 0 Å². The first kappa shape index (κ1) is 16.0. The number of rotatable bonds is 8. The van der Waals surface area contributed by atoms with Gasteiger partial charge in [0.1, 0.15) is 0 Å². The van der Waals surface area contributed by atoms with Crippen LogP contribution in [0.25, 0.3) is 0 Å². The van der Waals surface area contributed by atoms with Gasteiger partial charge in [0, 0.05) is 24.8 Å². The second kappa shape index (κ2) is 8.96. The van der Waals surface area contributed by atoms with E-state index in [4.69, 9.17) is 0 Å². The molecule has 1 aromatic rings. The molecule has 0 aliphatic heterocycles. The molecule has 5 heteroatoms. The summed E-state index contributed by atoms with van der Waals surface area (Å²) < 4.78 is 0. The Morgan fingerprint density at radius 3 is 2.30 bits per heavy atom. The Morgan fingerprint density at radius 1 is 1.05 bits per heavy atom. The number of anilines is 2. The van der Waals surface area contributed by atoms with Gasteiger partial charge >= 0.3 is 0 Å². The van der Waals surface area contributed by atoms with Crippen molar-refractivity contribution in [1.29, 1.82) is 0 Å². The van der Waals surface area contributed by atoms with Crippen molar-refractivity contribution in [2.75, 3.05) is 23.7 Å². The molecule has 0 fully saturated rings. The van der Waals surface area contributed by atoms with Crippen molar-refractivity contribution in [2.24, 2.45) is 0 Å². The third-order valence-corrected chi connectivity index (χ3v) is 2.76. The number of carbonyl (C=O) groups excluding carboxylic acids is 2. The molecule has 1 aromatic carbocycles. The molecule has 2 amide bonds. The first-order valence-corrected chi connectivity index (χ1v) is 7.00. The van der Waals surface area contributed by atoms with Gasteiger partial charge in [-0.15, -0.1) is 0 Å². The normalized spacial score (nSPS) is 9.90. The summed E-state index contributed by atoms with van der Waals surface area (Å²) in [7, 11) is 0. The molecule has 1 rings (SSSR count). The largest absolute Gasteiger partial charge is 0.376 e. The van der Waals surface area contributed by atoms with Gasteiger partial charge in [-0.25, -0.2) is 0 Å². The van der Waals surface area contributed by atoms with E-state index in [2.05, 4.69) is 22.9 Å². The van der Waals surface area contributed by atoms with Crippen LogP contribution in [0.15, 0.2) is 24.3 Å². The van der Waals surface area contributed by atoms with Crippen molar-refractivity contribution >= 4 is 23.2 Å². The van der Waals surface area contributed by atoms with E-state index in [0.717, 1.165) is 37.2 Å². The third kappa shape index (κ3) is 6.78. The zero-order valence-corrected chi connectivity index (χ0v) is 12.2. The monoisotopic (exact) mass is 277 g/mol. The van der Waals surface area contributed by atoms with Crippen LogP contribution in [0.3, 0.4) is 0 Å². The lowest BCUT2D eigenvalue weighted by Crippen LogP contribution is -2.30. The van der Waals surface area contributed by atoms with Gasteiger partial charge in [-0.05, 0) is 30.7 Å². The molecule has 0 bridgehead atoms. The molecular weight excluding hydrogens is 254 g/mol. The highest BCUT2D eigenvalue weighted by Gasteiger charge is 2.01. The maximum Gasteiger partial charge on any atom is 0.239 e. The highest BCUT2D eigenvalue weighted by atomic mass is 16.2. The number of benzene rings is 1. The Labute approximate surface area is 120 Å². The van der Waals surface area contributed by atoms with Crippen LogP contribution in [0, 0.1) is 0 Å². The van der Waals surface area contributed by atoms with Crippen LogP contribution in [0.2, 0.25) is 0 Å². The number of amides is 2. The second-order valence-electron chi connectivity index (χ2n) is 4.67. The Hall–Kier alpha value is -2.04. The van der Waals surface area contributed by atoms with Crippen LogP contribution in [0.1, 0.15) is 33.1 Å². The van der Waals surface area contributed by atoms with Crippen LogP contribution >= 0.6 is 0 Å². The van der Waals surface area contributed by atoms with Crippen LogP contribution < -0.4 is 16.0 Å². The van der Waals surface area contributed by atoms with Crippen LogP contribution in [-0.4, -0.2) is 24.9 Å². The van der Waals surface area contributed by atoms with Gasteiger partial charge in [0.25, 0.3) is 0 Å². The molecular formula is C15H23N3O2. The summed E-state index contributed by atoms with van der Waals surface area (Å²) in [4.78, 5) is 22.4. The lowest BCUT2D eigenvalue weighted by molar-refractivity contribution is -0.119. The van der Waals surface area contributed by atoms with Gasteiger partial charge < -0.3 is 16.0 Å². The molecule has 0 radical (unpaired) electrons. The first-order chi connectivity index (χ1) is 9.61. The Morgan fingerprint density at radius 2 is 1.70 bits per heavy atom. The minimum atomic E-state index is -0.0998. The number of unbranched alkanes of at least 4 members (excludes halogenated alkanes) is 2. The molecule has 0 aliphatic carbocycles. The van der Waals surface area contributed by atoms with E-state index >= 15 is 0 Å². The maximum atomic E-state index is 11.6. The molecule has 110 valence electrons. The van der Waals surface area contributed by atoms with Gasteiger partial charge in [-0.1, -0.05) is 19.8 Å². The minimum Gasteiger partial charge on any atom is -0.376 e. The fraction of sp³-hybridized carbons (Fsp3) is 0.467. The van der Waals surface area contributed by atoms with Crippen molar-refractivity contribution in [2.45, 2.75) is 33.1 Å². The average molecular weight is 277 g/mol. The van der Waals surface area contributed by atoms with Crippen LogP contribution in [0.5, 0.6) is 0 Å². The van der Waals surface area contributed by atoms with Crippen LogP contribution in [0.4, 0.5) is 11.4 Å². The Balaban J connectivity index is 2.27. The molecule has 0 aliphatic rings. The van der Waals surface area contributed by atoms with Gasteiger partial charge in [0.15, 0.2) is 0 Å². The second-order valence-corrected chi connectivity index (χ2v) is 4.67. The lowest BCUT2D eigenvalue weighted by atomic mass is 10.2. The fourth-order valence-corrected chi connectivity index (χ4v) is 1.72. The molecule has 20 heavy (non-hydrogen) atoms. The van der Waals surface area contributed by atoms with Gasteiger partial charge in [0.2, 0.25) is 11.8 Å². The third-order valence-electron chi connectivity index (χ3n) is 2.76. The highest BCUT2D eigenvalue weighted by Crippen LogP contribution is 2.12. The van der Waals surface area contributed by atoms with E-state index in [-0.39, 0.29) is 18.4 Å². The summed E-state index contributed by atoms with van der Waals surface area (Å²) >= 11 is 0. The number of carbonyl (C=O) groups is 2. The van der Waals surface area contributed by atoms with Crippen molar-refractivity contribution in [1.82, 2.24) is 5.32 Å². The zero-order chi connectivity index (χ0) is 14.8. The Kier molecular flexibility index (Phi) is 7.17. The highest BCUT2D eigenvalue weighted by molar-refractivity contribution is 5.88. The first-order valence-electron chi connectivity index (χ1n) is 7.00. The average Bonchev–Trinajstić information content (AvgIpc) is 2.42. The predicted octanol–water partition coefficient (Wildman–Crippen LogP) is 2.36. The summed E-state index contributed by atoms with van der Waals surface area (Å²) in [5.74, 6) is -0.107. The van der Waals surface area contributed by atoms with E-state index in [1.165, 1.54) is 6.92 Å². The van der Waals surface area contributed by atoms with Crippen molar-refractivity contribution in [3.8, 4) is 0 Å². The van der Waals surface area contributed by atoms with Crippen molar-refractivity contribution in [3.63, 3.8) is 0 Å². The molecule has 0 atom stereocenters. The quantitative estimate of drug-likeness (QED) is 0.639. The number of nitrogens with one attached hydrogen (secondary N) is 3. The summed E-state index contributed by atoms with van der Waals surface area (Å²) in [5.41, 5.74) is 1.59. The summed E-state index contributed by atoms with van der Waals surface area (Å²) in [6.07, 6.45) is 3.31. The number of hydrogen-bond donors (Lipinski definition) is 3. The van der Waals surface area contributed by atoms with E-state index in [1.54, 1.807) is 12.1 Å². The SMILES string of the molecule is CCCCCNC(=O)CNc1ccc(NC(C)=O)cc1. The maximum absolute atomic E-state index is 11.6. The van der Waals surface area contributed by atoms with Gasteiger partial charge in [0.05, 0.1) is 6.54 Å². The Bertz CT molecular complexity index is 429. The standard InChI is InChI=1S/C15H23N3O2/c1-3-4-5-10-16-15(20)11-17-13-6-8-14(9-7-13)18-12(2)19/h6-9,17H,3-5,10-11H2,1-2H3,(H,16,20)(H,18,19). The van der Waals surface area contributed by atoms with Crippen LogP contribution in [-0.2, 0) is 9.59 Å². The molecule has 0 spiro atoms. The topological polar surface area (TPSA) is 70.2 Å². The molecule has 0 aromatic heterocycles.